The first kappa shape index (κ1) is 15.1. The molecule has 1 unspecified atom stereocenters. The third-order valence-corrected chi connectivity index (χ3v) is 4.05. The van der Waals surface area contributed by atoms with E-state index in [2.05, 4.69) is 10.6 Å². The molecule has 5 heteroatoms. The van der Waals surface area contributed by atoms with E-state index in [1.807, 2.05) is 13.0 Å². The summed E-state index contributed by atoms with van der Waals surface area (Å²) in [5.41, 5.74) is -0.292. The molecule has 1 atom stereocenters. The molecule has 1 heterocycles. The highest BCUT2D eigenvalue weighted by Crippen LogP contribution is 2.28. The van der Waals surface area contributed by atoms with Crippen LogP contribution >= 0.6 is 0 Å². The standard InChI is InChI=1S/C15H24N2O3/c1-12(14(19)16-10-13-6-5-9-20-13)17-15(11-18)7-3-2-4-8-15/h5-6,9,12,17-18H,2-4,7-8,10-11H2,1H3,(H,16,19). The van der Waals surface area contributed by atoms with Gasteiger partial charge in [0.15, 0.2) is 0 Å². The van der Waals surface area contributed by atoms with Crippen LogP contribution in [0.5, 0.6) is 0 Å². The molecule has 1 aromatic heterocycles. The Labute approximate surface area is 119 Å². The molecule has 0 spiro atoms. The summed E-state index contributed by atoms with van der Waals surface area (Å²) in [5.74, 6) is 0.667. The van der Waals surface area contributed by atoms with Crippen molar-refractivity contribution in [3.05, 3.63) is 24.2 Å². The minimum atomic E-state index is -0.324. The van der Waals surface area contributed by atoms with Crippen LogP contribution in [-0.2, 0) is 11.3 Å². The molecule has 0 radical (unpaired) electrons. The molecule has 1 aliphatic rings. The topological polar surface area (TPSA) is 74.5 Å². The van der Waals surface area contributed by atoms with E-state index in [1.54, 1.807) is 12.3 Å². The fraction of sp³-hybridized carbons (Fsp3) is 0.667. The molecule has 0 aliphatic heterocycles. The van der Waals surface area contributed by atoms with Gasteiger partial charge in [-0.3, -0.25) is 10.1 Å². The molecule has 112 valence electrons. The van der Waals surface area contributed by atoms with Crippen molar-refractivity contribution in [3.63, 3.8) is 0 Å². The summed E-state index contributed by atoms with van der Waals surface area (Å²) >= 11 is 0. The number of furan rings is 1. The Morgan fingerprint density at radius 2 is 2.20 bits per heavy atom. The van der Waals surface area contributed by atoms with Crippen LogP contribution in [0.3, 0.4) is 0 Å². The summed E-state index contributed by atoms with van der Waals surface area (Å²) in [6.07, 6.45) is 6.87. The van der Waals surface area contributed by atoms with Gasteiger partial charge >= 0.3 is 0 Å². The predicted molar refractivity (Wildman–Crippen MR) is 76.1 cm³/mol. The van der Waals surface area contributed by atoms with Crippen LogP contribution in [0.25, 0.3) is 0 Å². The Morgan fingerprint density at radius 1 is 1.45 bits per heavy atom. The second-order valence-corrected chi connectivity index (χ2v) is 5.66. The molecule has 3 N–H and O–H groups in total. The lowest BCUT2D eigenvalue weighted by Gasteiger charge is -2.38. The molecule has 1 fully saturated rings. The lowest BCUT2D eigenvalue weighted by molar-refractivity contribution is -0.123. The molecule has 1 aliphatic carbocycles. The SMILES string of the molecule is CC(NC1(CO)CCCCC1)C(=O)NCc1ccco1. The van der Waals surface area contributed by atoms with Crippen LogP contribution in [0.4, 0.5) is 0 Å². The number of carbonyl (C=O) groups excluding carboxylic acids is 1. The van der Waals surface area contributed by atoms with Gasteiger partial charge in [0.05, 0.1) is 25.5 Å². The maximum Gasteiger partial charge on any atom is 0.237 e. The quantitative estimate of drug-likeness (QED) is 0.739. The minimum absolute atomic E-state index is 0.0696. The lowest BCUT2D eigenvalue weighted by Crippen LogP contribution is -2.57. The number of hydrogen-bond donors (Lipinski definition) is 3. The van der Waals surface area contributed by atoms with Crippen molar-refractivity contribution in [2.75, 3.05) is 6.61 Å². The van der Waals surface area contributed by atoms with E-state index in [-0.39, 0.29) is 24.1 Å². The van der Waals surface area contributed by atoms with Crippen LogP contribution in [0.1, 0.15) is 44.8 Å². The van der Waals surface area contributed by atoms with Crippen molar-refractivity contribution in [1.29, 1.82) is 0 Å². The monoisotopic (exact) mass is 280 g/mol. The second kappa shape index (κ2) is 6.90. The summed E-state index contributed by atoms with van der Waals surface area (Å²) < 4.78 is 5.18. The van der Waals surface area contributed by atoms with Gasteiger partial charge in [0.25, 0.3) is 0 Å². The first-order valence-corrected chi connectivity index (χ1v) is 7.34. The van der Waals surface area contributed by atoms with Crippen molar-refractivity contribution in [2.45, 2.75) is 57.2 Å². The van der Waals surface area contributed by atoms with E-state index in [1.165, 1.54) is 6.42 Å². The Balaban J connectivity index is 1.83. The van der Waals surface area contributed by atoms with Gasteiger partial charge < -0.3 is 14.8 Å². The predicted octanol–water partition coefficient (Wildman–Crippen LogP) is 1.57. The van der Waals surface area contributed by atoms with Gasteiger partial charge in [-0.2, -0.15) is 0 Å². The van der Waals surface area contributed by atoms with Gasteiger partial charge in [0.1, 0.15) is 5.76 Å². The zero-order chi connectivity index (χ0) is 14.4. The van der Waals surface area contributed by atoms with Crippen LogP contribution < -0.4 is 10.6 Å². The van der Waals surface area contributed by atoms with Gasteiger partial charge in [-0.15, -0.1) is 0 Å². The first-order chi connectivity index (χ1) is 9.65. The van der Waals surface area contributed by atoms with Crippen LogP contribution in [0.15, 0.2) is 22.8 Å². The average Bonchev–Trinajstić information content (AvgIpc) is 2.99. The van der Waals surface area contributed by atoms with E-state index < -0.39 is 0 Å². The highest BCUT2D eigenvalue weighted by molar-refractivity contribution is 5.81. The minimum Gasteiger partial charge on any atom is -0.467 e. The zero-order valence-electron chi connectivity index (χ0n) is 12.0. The van der Waals surface area contributed by atoms with Crippen molar-refractivity contribution < 1.29 is 14.3 Å². The Kier molecular flexibility index (Phi) is 5.20. The number of carbonyl (C=O) groups is 1. The second-order valence-electron chi connectivity index (χ2n) is 5.66. The van der Waals surface area contributed by atoms with E-state index in [9.17, 15) is 9.90 Å². The molecular formula is C15H24N2O3. The molecule has 1 amide bonds. The zero-order valence-corrected chi connectivity index (χ0v) is 12.0. The average molecular weight is 280 g/mol. The molecule has 0 aromatic carbocycles. The number of rotatable bonds is 6. The van der Waals surface area contributed by atoms with E-state index in [4.69, 9.17) is 4.42 Å². The smallest absolute Gasteiger partial charge is 0.237 e. The summed E-state index contributed by atoms with van der Waals surface area (Å²) in [6.45, 7) is 2.32. The summed E-state index contributed by atoms with van der Waals surface area (Å²) in [4.78, 5) is 12.1. The Bertz CT molecular complexity index is 411. The normalized spacial score (nSPS) is 19.5. The third-order valence-electron chi connectivity index (χ3n) is 4.05. The third kappa shape index (κ3) is 3.84. The maximum absolute atomic E-state index is 12.1. The Morgan fingerprint density at radius 3 is 2.80 bits per heavy atom. The summed E-state index contributed by atoms with van der Waals surface area (Å²) in [7, 11) is 0. The van der Waals surface area contributed by atoms with Crippen LogP contribution in [0.2, 0.25) is 0 Å². The molecule has 1 saturated carbocycles. The van der Waals surface area contributed by atoms with Gasteiger partial charge in [0.2, 0.25) is 5.91 Å². The van der Waals surface area contributed by atoms with Crippen LogP contribution in [-0.4, -0.2) is 29.2 Å². The first-order valence-electron chi connectivity index (χ1n) is 7.34. The molecule has 20 heavy (non-hydrogen) atoms. The van der Waals surface area contributed by atoms with E-state index in [0.717, 1.165) is 31.4 Å². The highest BCUT2D eigenvalue weighted by atomic mass is 16.3. The largest absolute Gasteiger partial charge is 0.467 e. The van der Waals surface area contributed by atoms with E-state index in [0.29, 0.717) is 6.54 Å². The molecule has 0 saturated heterocycles. The number of hydrogen-bond acceptors (Lipinski definition) is 4. The van der Waals surface area contributed by atoms with Gasteiger partial charge in [0, 0.05) is 5.54 Å². The van der Waals surface area contributed by atoms with E-state index >= 15 is 0 Å². The fourth-order valence-electron chi connectivity index (χ4n) is 2.84. The fourth-order valence-corrected chi connectivity index (χ4v) is 2.84. The van der Waals surface area contributed by atoms with Crippen molar-refractivity contribution in [2.24, 2.45) is 0 Å². The lowest BCUT2D eigenvalue weighted by atomic mass is 9.82. The van der Waals surface area contributed by atoms with Crippen molar-refractivity contribution >= 4 is 5.91 Å². The molecule has 0 bridgehead atoms. The van der Waals surface area contributed by atoms with Crippen molar-refractivity contribution in [3.8, 4) is 0 Å². The number of nitrogens with one attached hydrogen (secondary N) is 2. The summed E-state index contributed by atoms with van der Waals surface area (Å²) in [6, 6.07) is 3.30. The number of amides is 1. The Hall–Kier alpha value is -1.33. The van der Waals surface area contributed by atoms with Gasteiger partial charge in [-0.1, -0.05) is 19.3 Å². The van der Waals surface area contributed by atoms with Gasteiger partial charge in [-0.25, -0.2) is 0 Å². The summed E-state index contributed by atoms with van der Waals surface area (Å²) in [5, 5.41) is 15.8. The highest BCUT2D eigenvalue weighted by Gasteiger charge is 2.33. The molecule has 1 aromatic rings. The number of aliphatic hydroxyl groups excluding tert-OH is 1. The molecule has 5 nitrogen and oxygen atoms in total. The van der Waals surface area contributed by atoms with Gasteiger partial charge in [-0.05, 0) is 31.9 Å². The molecule has 2 rings (SSSR count). The van der Waals surface area contributed by atoms with Crippen molar-refractivity contribution in [1.82, 2.24) is 10.6 Å². The van der Waals surface area contributed by atoms with Crippen LogP contribution in [0, 0.1) is 0 Å². The number of aliphatic hydroxyl groups is 1. The molecular weight excluding hydrogens is 256 g/mol. The maximum atomic E-state index is 12.1.